The maximum absolute atomic E-state index is 11.8. The Morgan fingerprint density at radius 2 is 2.10 bits per heavy atom. The number of para-hydroxylation sites is 2. The second-order valence-electron chi connectivity index (χ2n) is 4.86. The summed E-state index contributed by atoms with van der Waals surface area (Å²) in [6.07, 6.45) is 1.69. The van der Waals surface area contributed by atoms with E-state index < -0.39 is 11.9 Å². The molecule has 1 aliphatic rings. The van der Waals surface area contributed by atoms with Gasteiger partial charge in [0.15, 0.2) is 0 Å². The van der Waals surface area contributed by atoms with Gasteiger partial charge in [-0.05, 0) is 12.1 Å². The Morgan fingerprint density at radius 1 is 1.35 bits per heavy atom. The summed E-state index contributed by atoms with van der Waals surface area (Å²) in [7, 11) is 0. The van der Waals surface area contributed by atoms with Crippen LogP contribution in [0.4, 0.5) is 0 Å². The Labute approximate surface area is 115 Å². The van der Waals surface area contributed by atoms with E-state index in [9.17, 15) is 9.59 Å². The van der Waals surface area contributed by atoms with E-state index >= 15 is 0 Å². The molecule has 1 aromatic heterocycles. The van der Waals surface area contributed by atoms with Crippen molar-refractivity contribution in [1.29, 1.82) is 0 Å². The Morgan fingerprint density at radius 3 is 2.80 bits per heavy atom. The van der Waals surface area contributed by atoms with Gasteiger partial charge in [-0.15, -0.1) is 0 Å². The van der Waals surface area contributed by atoms with E-state index in [1.807, 2.05) is 24.3 Å². The lowest BCUT2D eigenvalue weighted by Gasteiger charge is -2.15. The molecule has 1 saturated heterocycles. The number of likely N-dealkylation sites (tertiary alicyclic amines) is 1. The summed E-state index contributed by atoms with van der Waals surface area (Å²) in [5, 5.41) is 8.95. The van der Waals surface area contributed by atoms with Crippen LogP contribution in [-0.4, -0.2) is 38.4 Å². The molecule has 6 nitrogen and oxygen atoms in total. The fraction of sp³-hybridized carbons (Fsp3) is 0.286. The van der Waals surface area contributed by atoms with Gasteiger partial charge in [0.05, 0.1) is 35.4 Å². The molecule has 0 radical (unpaired) electrons. The number of carbonyl (C=O) groups is 2. The lowest BCUT2D eigenvalue weighted by molar-refractivity contribution is -0.141. The summed E-state index contributed by atoms with van der Waals surface area (Å²) >= 11 is 0. The highest BCUT2D eigenvalue weighted by Gasteiger charge is 2.34. The van der Waals surface area contributed by atoms with Crippen LogP contribution in [0, 0.1) is 5.92 Å². The zero-order chi connectivity index (χ0) is 14.1. The predicted octanol–water partition coefficient (Wildman–Crippen LogP) is 1.06. The number of nitrogens with zero attached hydrogens (tertiary/aromatic N) is 3. The van der Waals surface area contributed by atoms with E-state index in [1.165, 1.54) is 4.90 Å². The predicted molar refractivity (Wildman–Crippen MR) is 70.7 cm³/mol. The molecule has 1 aliphatic heterocycles. The number of carbonyl (C=O) groups excluding carboxylic acids is 1. The van der Waals surface area contributed by atoms with E-state index in [4.69, 9.17) is 5.11 Å². The zero-order valence-corrected chi connectivity index (χ0v) is 10.7. The first-order valence-electron chi connectivity index (χ1n) is 6.35. The third kappa shape index (κ3) is 2.32. The van der Waals surface area contributed by atoms with Crippen LogP contribution in [0.25, 0.3) is 11.0 Å². The van der Waals surface area contributed by atoms with Crippen LogP contribution in [-0.2, 0) is 16.1 Å². The number of fused-ring (bicyclic) bond motifs is 1. The third-order valence-electron chi connectivity index (χ3n) is 3.42. The van der Waals surface area contributed by atoms with Gasteiger partial charge < -0.3 is 10.0 Å². The number of aromatic nitrogens is 2. The minimum Gasteiger partial charge on any atom is -0.481 e. The molecular formula is C14H13N3O3. The Hall–Kier alpha value is -2.50. The minimum atomic E-state index is -0.926. The van der Waals surface area contributed by atoms with Gasteiger partial charge in [0.1, 0.15) is 0 Å². The van der Waals surface area contributed by atoms with Crippen LogP contribution in [0.5, 0.6) is 0 Å². The molecule has 1 N–H and O–H groups in total. The molecule has 3 rings (SSSR count). The maximum Gasteiger partial charge on any atom is 0.308 e. The summed E-state index contributed by atoms with van der Waals surface area (Å²) in [6.45, 7) is 0.545. The van der Waals surface area contributed by atoms with Crippen molar-refractivity contribution in [2.24, 2.45) is 5.92 Å². The van der Waals surface area contributed by atoms with Crippen LogP contribution < -0.4 is 0 Å². The normalized spacial score (nSPS) is 18.7. The van der Waals surface area contributed by atoms with Crippen molar-refractivity contribution < 1.29 is 14.7 Å². The number of carboxylic acids is 1. The Kier molecular flexibility index (Phi) is 3.06. The van der Waals surface area contributed by atoms with Crippen molar-refractivity contribution in [3.8, 4) is 0 Å². The molecule has 0 aliphatic carbocycles. The number of rotatable bonds is 3. The standard InChI is InChI=1S/C14H13N3O3/c18-13-5-9(14(19)20)7-17(13)8-10-6-15-11-3-1-2-4-12(11)16-10/h1-4,6,9H,5,7-8H2,(H,19,20). The van der Waals surface area contributed by atoms with Gasteiger partial charge in [-0.2, -0.15) is 0 Å². The van der Waals surface area contributed by atoms with Crippen molar-refractivity contribution in [3.63, 3.8) is 0 Å². The summed E-state index contributed by atoms with van der Waals surface area (Å²) in [6, 6.07) is 7.49. The SMILES string of the molecule is O=C(O)C1CC(=O)N(Cc2cnc3ccccc3n2)C1. The Bertz CT molecular complexity index is 686. The summed E-state index contributed by atoms with van der Waals surface area (Å²) in [5.41, 5.74) is 2.24. The smallest absolute Gasteiger partial charge is 0.308 e. The lowest BCUT2D eigenvalue weighted by atomic mass is 10.1. The first kappa shape index (κ1) is 12.5. The van der Waals surface area contributed by atoms with Gasteiger partial charge in [-0.25, -0.2) is 4.98 Å². The average Bonchev–Trinajstić information content (AvgIpc) is 2.80. The Balaban J connectivity index is 1.79. The highest BCUT2D eigenvalue weighted by molar-refractivity contribution is 5.86. The molecule has 0 bridgehead atoms. The van der Waals surface area contributed by atoms with Gasteiger partial charge >= 0.3 is 5.97 Å². The molecule has 1 aromatic carbocycles. The molecule has 1 amide bonds. The molecule has 1 atom stereocenters. The van der Waals surface area contributed by atoms with Gasteiger partial charge in [0.2, 0.25) is 5.91 Å². The fourth-order valence-electron chi connectivity index (χ4n) is 2.36. The highest BCUT2D eigenvalue weighted by atomic mass is 16.4. The molecule has 0 spiro atoms. The van der Waals surface area contributed by atoms with E-state index in [0.717, 1.165) is 11.0 Å². The molecule has 0 saturated carbocycles. The van der Waals surface area contributed by atoms with Crippen LogP contribution in [0.2, 0.25) is 0 Å². The van der Waals surface area contributed by atoms with E-state index in [2.05, 4.69) is 9.97 Å². The quantitative estimate of drug-likeness (QED) is 0.902. The second kappa shape index (κ2) is 4.88. The average molecular weight is 271 g/mol. The highest BCUT2D eigenvalue weighted by Crippen LogP contribution is 2.20. The van der Waals surface area contributed by atoms with Crippen molar-refractivity contribution in [3.05, 3.63) is 36.2 Å². The number of benzene rings is 1. The number of carboxylic acid groups (broad SMARTS) is 1. The number of hydrogen-bond donors (Lipinski definition) is 1. The van der Waals surface area contributed by atoms with Gasteiger partial charge in [0.25, 0.3) is 0 Å². The molecule has 1 fully saturated rings. The fourth-order valence-corrected chi connectivity index (χ4v) is 2.36. The molecule has 102 valence electrons. The largest absolute Gasteiger partial charge is 0.481 e. The zero-order valence-electron chi connectivity index (χ0n) is 10.7. The molecule has 6 heteroatoms. The molecule has 1 unspecified atom stereocenters. The summed E-state index contributed by atoms with van der Waals surface area (Å²) < 4.78 is 0. The first-order valence-corrected chi connectivity index (χ1v) is 6.35. The van der Waals surface area contributed by atoms with Crippen LogP contribution in [0.15, 0.2) is 30.5 Å². The molecule has 2 heterocycles. The van der Waals surface area contributed by atoms with Crippen molar-refractivity contribution in [2.45, 2.75) is 13.0 Å². The first-order chi connectivity index (χ1) is 9.63. The van der Waals surface area contributed by atoms with Gasteiger partial charge in [-0.3, -0.25) is 14.6 Å². The lowest BCUT2D eigenvalue weighted by Crippen LogP contribution is -2.26. The molecule has 20 heavy (non-hydrogen) atoms. The van der Waals surface area contributed by atoms with Crippen molar-refractivity contribution in [2.75, 3.05) is 6.54 Å². The van der Waals surface area contributed by atoms with Crippen molar-refractivity contribution >= 4 is 22.9 Å². The van der Waals surface area contributed by atoms with Crippen LogP contribution in [0.1, 0.15) is 12.1 Å². The number of aliphatic carboxylic acids is 1. The number of amides is 1. The summed E-state index contributed by atoms with van der Waals surface area (Å²) in [4.78, 5) is 32.9. The monoisotopic (exact) mass is 271 g/mol. The van der Waals surface area contributed by atoms with E-state index in [1.54, 1.807) is 6.20 Å². The minimum absolute atomic E-state index is 0.0658. The topological polar surface area (TPSA) is 83.4 Å². The van der Waals surface area contributed by atoms with Crippen LogP contribution in [0.3, 0.4) is 0 Å². The van der Waals surface area contributed by atoms with Crippen LogP contribution >= 0.6 is 0 Å². The second-order valence-corrected chi connectivity index (χ2v) is 4.86. The maximum atomic E-state index is 11.8. The van der Waals surface area contributed by atoms with Gasteiger partial charge in [-0.1, -0.05) is 12.1 Å². The third-order valence-corrected chi connectivity index (χ3v) is 3.42. The van der Waals surface area contributed by atoms with Crippen molar-refractivity contribution in [1.82, 2.24) is 14.9 Å². The molecule has 2 aromatic rings. The van der Waals surface area contributed by atoms with E-state index in [-0.39, 0.29) is 18.9 Å². The number of hydrogen-bond acceptors (Lipinski definition) is 4. The van der Waals surface area contributed by atoms with E-state index in [0.29, 0.717) is 12.2 Å². The van der Waals surface area contributed by atoms with Gasteiger partial charge in [0, 0.05) is 13.0 Å². The molecular weight excluding hydrogens is 258 g/mol. The summed E-state index contributed by atoms with van der Waals surface area (Å²) in [5.74, 6) is -1.69.